The Kier molecular flexibility index (Phi) is 5.76. The van der Waals surface area contributed by atoms with Crippen LogP contribution in [0.1, 0.15) is 44.9 Å². The third-order valence-corrected chi connectivity index (χ3v) is 5.83. The van der Waals surface area contributed by atoms with Gasteiger partial charge in [-0.05, 0) is 12.8 Å². The Hall–Kier alpha value is -1.57. The second-order valence-corrected chi connectivity index (χ2v) is 7.62. The Bertz CT molecular complexity index is 583. The Morgan fingerprint density at radius 2 is 2.08 bits per heavy atom. The van der Waals surface area contributed by atoms with E-state index in [0.717, 1.165) is 12.8 Å². The van der Waals surface area contributed by atoms with Crippen LogP contribution in [0.5, 0.6) is 0 Å². The van der Waals surface area contributed by atoms with Gasteiger partial charge >= 0.3 is 0 Å². The summed E-state index contributed by atoms with van der Waals surface area (Å²) in [6.45, 7) is 0.657. The average molecular weight is 351 g/mol. The fraction of sp³-hybridized carbons (Fsp3) is 0.750. The molecule has 1 saturated heterocycles. The van der Waals surface area contributed by atoms with E-state index in [1.165, 1.54) is 37.4 Å². The maximum Gasteiger partial charge on any atom is 0.230 e. The predicted molar refractivity (Wildman–Crippen MR) is 91.5 cm³/mol. The largest absolute Gasteiger partial charge is 0.350 e. The van der Waals surface area contributed by atoms with Crippen LogP contribution >= 0.6 is 11.8 Å². The number of thioether (sulfide) groups is 1. The molecule has 1 atom stereocenters. The summed E-state index contributed by atoms with van der Waals surface area (Å²) in [5.41, 5.74) is 0. The maximum absolute atomic E-state index is 12.3. The first-order valence-electron chi connectivity index (χ1n) is 8.69. The van der Waals surface area contributed by atoms with Crippen molar-refractivity contribution in [2.24, 2.45) is 7.05 Å². The third kappa shape index (κ3) is 4.28. The van der Waals surface area contributed by atoms with Gasteiger partial charge in [-0.1, -0.05) is 37.4 Å². The van der Waals surface area contributed by atoms with Crippen LogP contribution < -0.4 is 5.32 Å². The molecule has 0 bridgehead atoms. The monoisotopic (exact) mass is 351 g/mol. The fourth-order valence-electron chi connectivity index (χ4n) is 3.55. The summed E-state index contributed by atoms with van der Waals surface area (Å²) in [6, 6.07) is 0.309. The van der Waals surface area contributed by atoms with Crippen LogP contribution in [0.4, 0.5) is 0 Å². The molecule has 1 aliphatic carbocycles. The molecule has 7 nitrogen and oxygen atoms in total. The molecule has 1 aromatic rings. The van der Waals surface area contributed by atoms with Crippen molar-refractivity contribution in [3.63, 3.8) is 0 Å². The topological polar surface area (TPSA) is 80.1 Å². The zero-order chi connectivity index (χ0) is 16.9. The molecule has 1 saturated carbocycles. The molecule has 2 heterocycles. The van der Waals surface area contributed by atoms with Gasteiger partial charge in [-0.2, -0.15) is 0 Å². The summed E-state index contributed by atoms with van der Waals surface area (Å²) in [7, 11) is 1.85. The molecule has 3 rings (SSSR count). The van der Waals surface area contributed by atoms with E-state index in [9.17, 15) is 9.59 Å². The highest BCUT2D eigenvalue weighted by Crippen LogP contribution is 2.26. The number of hydrogen-bond donors (Lipinski definition) is 1. The number of carbonyl (C=O) groups excluding carboxylic acids is 2. The minimum absolute atomic E-state index is 0.0523. The minimum atomic E-state index is -0.0617. The number of aromatic nitrogens is 3. The Balaban J connectivity index is 1.46. The first kappa shape index (κ1) is 17.3. The number of nitrogens with zero attached hydrogens (tertiary/aromatic N) is 4. The van der Waals surface area contributed by atoms with Crippen molar-refractivity contribution in [3.05, 3.63) is 6.33 Å². The lowest BCUT2D eigenvalue weighted by atomic mass is 10.1. The van der Waals surface area contributed by atoms with Gasteiger partial charge in [-0.3, -0.25) is 9.59 Å². The molecule has 1 unspecified atom stereocenters. The number of carbonyl (C=O) groups is 2. The summed E-state index contributed by atoms with van der Waals surface area (Å²) in [6.07, 6.45) is 9.22. The Labute approximate surface area is 146 Å². The lowest BCUT2D eigenvalue weighted by molar-refractivity contribution is -0.129. The van der Waals surface area contributed by atoms with Crippen LogP contribution in [0.25, 0.3) is 0 Å². The van der Waals surface area contributed by atoms with Crippen molar-refractivity contribution in [1.29, 1.82) is 0 Å². The second-order valence-electron chi connectivity index (χ2n) is 6.67. The lowest BCUT2D eigenvalue weighted by Gasteiger charge is -2.27. The van der Waals surface area contributed by atoms with E-state index < -0.39 is 0 Å². The van der Waals surface area contributed by atoms with Gasteiger partial charge in [0.15, 0.2) is 5.16 Å². The highest BCUT2D eigenvalue weighted by atomic mass is 32.2. The summed E-state index contributed by atoms with van der Waals surface area (Å²) >= 11 is 1.36. The zero-order valence-electron chi connectivity index (χ0n) is 14.1. The van der Waals surface area contributed by atoms with Gasteiger partial charge in [-0.25, -0.2) is 0 Å². The first-order valence-corrected chi connectivity index (χ1v) is 9.67. The van der Waals surface area contributed by atoms with Crippen LogP contribution in [0.2, 0.25) is 0 Å². The zero-order valence-corrected chi connectivity index (χ0v) is 14.9. The third-order valence-electron chi connectivity index (χ3n) is 4.79. The molecule has 0 aromatic carbocycles. The van der Waals surface area contributed by atoms with Crippen molar-refractivity contribution < 1.29 is 9.59 Å². The Morgan fingerprint density at radius 1 is 1.33 bits per heavy atom. The highest BCUT2D eigenvalue weighted by molar-refractivity contribution is 7.99. The van der Waals surface area contributed by atoms with Crippen LogP contribution in [0, 0.1) is 0 Å². The number of rotatable bonds is 5. The van der Waals surface area contributed by atoms with Gasteiger partial charge in [-0.15, -0.1) is 10.2 Å². The van der Waals surface area contributed by atoms with Crippen LogP contribution in [0.3, 0.4) is 0 Å². The van der Waals surface area contributed by atoms with Gasteiger partial charge in [0.05, 0.1) is 11.8 Å². The predicted octanol–water partition coefficient (Wildman–Crippen LogP) is 1.35. The molecule has 0 radical (unpaired) electrons. The molecular weight excluding hydrogens is 326 g/mol. The number of hydrogen-bond acceptors (Lipinski definition) is 5. The van der Waals surface area contributed by atoms with Crippen molar-refractivity contribution in [2.75, 3.05) is 12.3 Å². The molecule has 2 fully saturated rings. The van der Waals surface area contributed by atoms with Gasteiger partial charge < -0.3 is 14.8 Å². The van der Waals surface area contributed by atoms with E-state index >= 15 is 0 Å². The average Bonchev–Trinajstić information content (AvgIpc) is 3.01. The molecule has 1 N–H and O–H groups in total. The summed E-state index contributed by atoms with van der Waals surface area (Å²) < 4.78 is 1.78. The van der Waals surface area contributed by atoms with Crippen molar-refractivity contribution in [2.45, 2.75) is 62.2 Å². The van der Waals surface area contributed by atoms with Crippen molar-refractivity contribution in [1.82, 2.24) is 25.0 Å². The first-order chi connectivity index (χ1) is 11.6. The Morgan fingerprint density at radius 3 is 2.75 bits per heavy atom. The molecule has 132 valence electrons. The van der Waals surface area contributed by atoms with E-state index in [2.05, 4.69) is 15.5 Å². The summed E-state index contributed by atoms with van der Waals surface area (Å²) in [4.78, 5) is 26.5. The van der Waals surface area contributed by atoms with E-state index in [1.54, 1.807) is 10.9 Å². The lowest BCUT2D eigenvalue weighted by Crippen LogP contribution is -2.41. The molecule has 24 heavy (non-hydrogen) atoms. The maximum atomic E-state index is 12.3. The molecular formula is C16H25N5O2S. The highest BCUT2D eigenvalue weighted by Gasteiger charge is 2.35. The quantitative estimate of drug-likeness (QED) is 0.640. The molecule has 0 spiro atoms. The van der Waals surface area contributed by atoms with Crippen molar-refractivity contribution >= 4 is 23.6 Å². The van der Waals surface area contributed by atoms with Crippen molar-refractivity contribution in [3.8, 4) is 0 Å². The van der Waals surface area contributed by atoms with Gasteiger partial charge in [0.25, 0.3) is 0 Å². The van der Waals surface area contributed by atoms with Gasteiger partial charge in [0.1, 0.15) is 6.33 Å². The molecule has 8 heteroatoms. The van der Waals surface area contributed by atoms with Gasteiger partial charge in [0, 0.05) is 26.1 Å². The minimum Gasteiger partial charge on any atom is -0.350 e. The number of amides is 2. The van der Waals surface area contributed by atoms with E-state index in [0.29, 0.717) is 29.9 Å². The number of likely N-dealkylation sites (tertiary alicyclic amines) is 1. The normalized spacial score (nSPS) is 22.6. The SMILES string of the molecule is Cn1cnnc1SCC(=O)NC1CC(=O)N(C2CCCCCC2)C1. The molecule has 2 amide bonds. The molecule has 2 aliphatic rings. The second kappa shape index (κ2) is 8.00. The number of aryl methyl sites for hydroxylation is 1. The molecule has 1 aromatic heterocycles. The standard InChI is InChI=1S/C16H25N5O2S/c1-20-11-17-19-16(20)24-10-14(22)18-12-8-15(23)21(9-12)13-6-4-2-3-5-7-13/h11-13H,2-10H2,1H3,(H,18,22). The van der Waals surface area contributed by atoms with E-state index in [4.69, 9.17) is 0 Å². The van der Waals surface area contributed by atoms with Gasteiger partial charge in [0.2, 0.25) is 11.8 Å². The van der Waals surface area contributed by atoms with E-state index in [-0.39, 0.29) is 17.9 Å². The summed E-state index contributed by atoms with van der Waals surface area (Å²) in [5, 5.41) is 11.5. The van der Waals surface area contributed by atoms with E-state index in [1.807, 2.05) is 11.9 Å². The fourth-order valence-corrected chi connectivity index (χ4v) is 4.25. The number of nitrogens with one attached hydrogen (secondary N) is 1. The van der Waals surface area contributed by atoms with Crippen LogP contribution in [-0.2, 0) is 16.6 Å². The molecule has 1 aliphatic heterocycles. The van der Waals surface area contributed by atoms with Crippen LogP contribution in [0.15, 0.2) is 11.5 Å². The smallest absolute Gasteiger partial charge is 0.230 e. The summed E-state index contributed by atoms with van der Waals surface area (Å²) in [5.74, 6) is 0.428. The van der Waals surface area contributed by atoms with Crippen LogP contribution in [-0.4, -0.2) is 55.9 Å².